The maximum absolute atomic E-state index is 12.1. The van der Waals surface area contributed by atoms with Crippen LogP contribution in [0.4, 0.5) is 0 Å². The normalized spacial score (nSPS) is 11.5. The Morgan fingerprint density at radius 1 is 1.14 bits per heavy atom. The van der Waals surface area contributed by atoms with Gasteiger partial charge in [-0.2, -0.15) is 0 Å². The molecule has 2 aromatic rings. The van der Waals surface area contributed by atoms with Gasteiger partial charge in [-0.05, 0) is 12.5 Å². The number of hydrogen-bond donors (Lipinski definition) is 1. The molecule has 0 spiro atoms. The Labute approximate surface area is 122 Å². The van der Waals surface area contributed by atoms with Gasteiger partial charge in [-0.3, -0.25) is 9.78 Å². The zero-order valence-corrected chi connectivity index (χ0v) is 11.7. The lowest BCUT2D eigenvalue weighted by atomic mass is 10.1. The molecule has 0 saturated heterocycles. The standard InChI is InChI=1S/C15H15N3O3/c1-10-8-17-12(9-16-10)14(19)18-13(15(20)21-2)11-6-4-3-5-7-11/h3-9,13H,1-2H3,(H,18,19). The summed E-state index contributed by atoms with van der Waals surface area (Å²) in [4.78, 5) is 32.0. The van der Waals surface area contributed by atoms with E-state index in [4.69, 9.17) is 4.74 Å². The van der Waals surface area contributed by atoms with Crippen LogP contribution in [0.25, 0.3) is 0 Å². The van der Waals surface area contributed by atoms with Crippen molar-refractivity contribution >= 4 is 11.9 Å². The molecular formula is C15H15N3O3. The number of esters is 1. The highest BCUT2D eigenvalue weighted by molar-refractivity contribution is 5.95. The third-order valence-corrected chi connectivity index (χ3v) is 2.86. The summed E-state index contributed by atoms with van der Waals surface area (Å²) in [5.74, 6) is -1.03. The molecular weight excluding hydrogens is 270 g/mol. The van der Waals surface area contributed by atoms with Crippen molar-refractivity contribution in [3.05, 3.63) is 59.7 Å². The molecule has 0 aliphatic heterocycles. The molecule has 2 rings (SSSR count). The van der Waals surface area contributed by atoms with Gasteiger partial charge in [-0.25, -0.2) is 9.78 Å². The largest absolute Gasteiger partial charge is 0.467 e. The first kappa shape index (κ1) is 14.6. The third kappa shape index (κ3) is 3.62. The molecule has 21 heavy (non-hydrogen) atoms. The first-order chi connectivity index (χ1) is 10.1. The Bertz CT molecular complexity index is 626. The maximum atomic E-state index is 12.1. The molecule has 1 aromatic carbocycles. The summed E-state index contributed by atoms with van der Waals surface area (Å²) in [5, 5.41) is 2.60. The molecule has 108 valence electrons. The SMILES string of the molecule is COC(=O)C(NC(=O)c1cnc(C)cn1)c1ccccc1. The summed E-state index contributed by atoms with van der Waals surface area (Å²) in [5.41, 5.74) is 1.49. The second-order valence-electron chi connectivity index (χ2n) is 4.38. The topological polar surface area (TPSA) is 81.2 Å². The minimum absolute atomic E-state index is 0.144. The lowest BCUT2D eigenvalue weighted by Gasteiger charge is -2.16. The van der Waals surface area contributed by atoms with E-state index in [1.54, 1.807) is 31.2 Å². The van der Waals surface area contributed by atoms with E-state index in [0.717, 1.165) is 0 Å². The highest BCUT2D eigenvalue weighted by Crippen LogP contribution is 2.14. The fourth-order valence-electron chi connectivity index (χ4n) is 1.76. The van der Waals surface area contributed by atoms with Crippen molar-refractivity contribution in [2.24, 2.45) is 0 Å². The van der Waals surface area contributed by atoms with Crippen molar-refractivity contribution < 1.29 is 14.3 Å². The van der Waals surface area contributed by atoms with E-state index in [1.807, 2.05) is 6.07 Å². The number of nitrogens with zero attached hydrogens (tertiary/aromatic N) is 2. The van der Waals surface area contributed by atoms with Crippen LogP contribution in [0, 0.1) is 6.92 Å². The fourth-order valence-corrected chi connectivity index (χ4v) is 1.76. The van der Waals surface area contributed by atoms with E-state index < -0.39 is 17.9 Å². The van der Waals surface area contributed by atoms with Gasteiger partial charge in [-0.1, -0.05) is 30.3 Å². The van der Waals surface area contributed by atoms with Gasteiger partial charge in [0.2, 0.25) is 0 Å². The first-order valence-electron chi connectivity index (χ1n) is 6.34. The molecule has 0 saturated carbocycles. The summed E-state index contributed by atoms with van der Waals surface area (Å²) in [6.45, 7) is 1.77. The molecule has 1 amide bonds. The summed E-state index contributed by atoms with van der Waals surface area (Å²) in [6, 6.07) is 7.98. The lowest BCUT2D eigenvalue weighted by molar-refractivity contribution is -0.143. The molecule has 0 aliphatic rings. The highest BCUT2D eigenvalue weighted by atomic mass is 16.5. The van der Waals surface area contributed by atoms with Gasteiger partial charge >= 0.3 is 5.97 Å². The van der Waals surface area contributed by atoms with Crippen LogP contribution in [-0.2, 0) is 9.53 Å². The molecule has 0 radical (unpaired) electrons. The average Bonchev–Trinajstić information content (AvgIpc) is 2.53. The molecule has 1 heterocycles. The van der Waals surface area contributed by atoms with Gasteiger partial charge in [0.25, 0.3) is 5.91 Å². The van der Waals surface area contributed by atoms with Gasteiger partial charge in [0, 0.05) is 6.20 Å². The molecule has 1 atom stereocenters. The van der Waals surface area contributed by atoms with Gasteiger partial charge in [0.15, 0.2) is 6.04 Å². The molecule has 0 aliphatic carbocycles. The summed E-state index contributed by atoms with van der Waals surface area (Å²) < 4.78 is 4.73. The number of benzene rings is 1. The quantitative estimate of drug-likeness (QED) is 0.859. The van der Waals surface area contributed by atoms with Crippen LogP contribution >= 0.6 is 0 Å². The Hall–Kier alpha value is -2.76. The maximum Gasteiger partial charge on any atom is 0.333 e. The summed E-state index contributed by atoms with van der Waals surface area (Å²) >= 11 is 0. The van der Waals surface area contributed by atoms with Gasteiger partial charge in [0.1, 0.15) is 5.69 Å². The summed E-state index contributed by atoms with van der Waals surface area (Å²) in [6.07, 6.45) is 2.86. The zero-order chi connectivity index (χ0) is 15.2. The third-order valence-electron chi connectivity index (χ3n) is 2.86. The highest BCUT2D eigenvalue weighted by Gasteiger charge is 2.24. The number of aryl methyl sites for hydroxylation is 1. The molecule has 6 nitrogen and oxygen atoms in total. The number of ether oxygens (including phenoxy) is 1. The second kappa shape index (κ2) is 6.60. The van der Waals surface area contributed by atoms with E-state index in [9.17, 15) is 9.59 Å². The fraction of sp³-hybridized carbons (Fsp3) is 0.200. The van der Waals surface area contributed by atoms with Gasteiger partial charge in [0.05, 0.1) is 19.0 Å². The minimum atomic E-state index is -0.883. The van der Waals surface area contributed by atoms with Crippen LogP contribution in [0.15, 0.2) is 42.7 Å². The Balaban J connectivity index is 2.21. The van der Waals surface area contributed by atoms with Gasteiger partial charge in [-0.15, -0.1) is 0 Å². The molecule has 0 bridgehead atoms. The van der Waals surface area contributed by atoms with E-state index in [1.165, 1.54) is 19.5 Å². The van der Waals surface area contributed by atoms with E-state index in [-0.39, 0.29) is 5.69 Å². The number of carbonyl (C=O) groups is 2. The first-order valence-corrected chi connectivity index (χ1v) is 6.34. The Morgan fingerprint density at radius 2 is 1.86 bits per heavy atom. The van der Waals surface area contributed by atoms with Crippen LogP contribution in [0.3, 0.4) is 0 Å². The van der Waals surface area contributed by atoms with E-state index in [0.29, 0.717) is 11.3 Å². The second-order valence-corrected chi connectivity index (χ2v) is 4.38. The van der Waals surface area contributed by atoms with Crippen LogP contribution in [-0.4, -0.2) is 29.0 Å². The van der Waals surface area contributed by atoms with Crippen LogP contribution in [0.5, 0.6) is 0 Å². The van der Waals surface area contributed by atoms with Crippen molar-refractivity contribution in [3.63, 3.8) is 0 Å². The van der Waals surface area contributed by atoms with Gasteiger partial charge < -0.3 is 10.1 Å². The molecule has 6 heteroatoms. The lowest BCUT2D eigenvalue weighted by Crippen LogP contribution is -2.35. The Morgan fingerprint density at radius 3 is 2.43 bits per heavy atom. The predicted molar refractivity (Wildman–Crippen MR) is 75.4 cm³/mol. The smallest absolute Gasteiger partial charge is 0.333 e. The number of methoxy groups -OCH3 is 1. The van der Waals surface area contributed by atoms with Crippen molar-refractivity contribution in [1.82, 2.24) is 15.3 Å². The number of aromatic nitrogens is 2. The van der Waals surface area contributed by atoms with Crippen molar-refractivity contribution in [2.45, 2.75) is 13.0 Å². The number of carbonyl (C=O) groups excluding carboxylic acids is 2. The number of nitrogens with one attached hydrogen (secondary N) is 1. The average molecular weight is 285 g/mol. The van der Waals surface area contributed by atoms with Crippen molar-refractivity contribution in [1.29, 1.82) is 0 Å². The molecule has 1 N–H and O–H groups in total. The van der Waals surface area contributed by atoms with E-state index >= 15 is 0 Å². The molecule has 1 unspecified atom stereocenters. The monoisotopic (exact) mass is 285 g/mol. The molecule has 0 fully saturated rings. The van der Waals surface area contributed by atoms with Crippen molar-refractivity contribution in [2.75, 3.05) is 7.11 Å². The van der Waals surface area contributed by atoms with Crippen LogP contribution in [0.2, 0.25) is 0 Å². The zero-order valence-electron chi connectivity index (χ0n) is 11.7. The van der Waals surface area contributed by atoms with Crippen LogP contribution < -0.4 is 5.32 Å². The van der Waals surface area contributed by atoms with E-state index in [2.05, 4.69) is 15.3 Å². The number of amides is 1. The number of hydrogen-bond acceptors (Lipinski definition) is 5. The van der Waals surface area contributed by atoms with Crippen LogP contribution in [0.1, 0.15) is 27.8 Å². The molecule has 1 aromatic heterocycles. The number of rotatable bonds is 4. The Kier molecular flexibility index (Phi) is 4.61. The summed E-state index contributed by atoms with van der Waals surface area (Å²) in [7, 11) is 1.27. The predicted octanol–water partition coefficient (Wildman–Crippen LogP) is 1.43. The minimum Gasteiger partial charge on any atom is -0.467 e. The van der Waals surface area contributed by atoms with Crippen molar-refractivity contribution in [3.8, 4) is 0 Å².